The van der Waals surface area contributed by atoms with Gasteiger partial charge in [-0.25, -0.2) is 9.90 Å². The molecule has 0 fully saturated rings. The second-order valence-electron chi connectivity index (χ2n) is 2.90. The lowest BCUT2D eigenvalue weighted by molar-refractivity contribution is 0.233. The number of carbonyl (C=O) groups is 1. The Bertz CT molecular complexity index is 361. The third-order valence-electron chi connectivity index (χ3n) is 1.78. The number of anilines is 1. The van der Waals surface area contributed by atoms with Crippen LogP contribution < -0.4 is 10.6 Å². The van der Waals surface area contributed by atoms with Crippen LogP contribution >= 0.6 is 0 Å². The number of nitrogens with one attached hydrogen (secondary N) is 2. The number of hydrogen-bond acceptors (Lipinski definition) is 1. The van der Waals surface area contributed by atoms with E-state index in [1.54, 1.807) is 25.3 Å². The summed E-state index contributed by atoms with van der Waals surface area (Å²) in [6.45, 7) is -0.243. The standard InChI is InChI=1S/C11H13N2O2/c1-12-11(15)13-10-6-2-4-9(8-10)5-3-7-14/h2-6,8H,7H2,1H3,(H2,12,13,15). The Balaban J connectivity index is 2.74. The normalized spacial score (nSPS) is 10.3. The van der Waals surface area contributed by atoms with Gasteiger partial charge in [0.15, 0.2) is 0 Å². The summed E-state index contributed by atoms with van der Waals surface area (Å²) in [7, 11) is 1.55. The maximum atomic E-state index is 11.0. The molecular weight excluding hydrogens is 192 g/mol. The van der Waals surface area contributed by atoms with Gasteiger partial charge >= 0.3 is 6.03 Å². The Morgan fingerprint density at radius 1 is 1.47 bits per heavy atom. The molecule has 0 spiro atoms. The molecule has 2 amide bonds. The molecule has 0 unspecified atom stereocenters. The third-order valence-corrected chi connectivity index (χ3v) is 1.78. The lowest BCUT2D eigenvalue weighted by atomic mass is 10.2. The van der Waals surface area contributed by atoms with Crippen LogP contribution in [-0.4, -0.2) is 19.7 Å². The van der Waals surface area contributed by atoms with E-state index in [2.05, 4.69) is 10.6 Å². The summed E-state index contributed by atoms with van der Waals surface area (Å²) in [6.07, 6.45) is 3.25. The maximum absolute atomic E-state index is 11.0. The fourth-order valence-corrected chi connectivity index (χ4v) is 1.10. The zero-order valence-electron chi connectivity index (χ0n) is 8.49. The van der Waals surface area contributed by atoms with Crippen LogP contribution in [-0.2, 0) is 5.11 Å². The van der Waals surface area contributed by atoms with E-state index in [0.717, 1.165) is 5.56 Å². The van der Waals surface area contributed by atoms with Gasteiger partial charge in [0.1, 0.15) is 6.61 Å². The van der Waals surface area contributed by atoms with Gasteiger partial charge in [-0.1, -0.05) is 24.3 Å². The van der Waals surface area contributed by atoms with E-state index < -0.39 is 0 Å². The van der Waals surface area contributed by atoms with Crippen molar-refractivity contribution in [2.45, 2.75) is 0 Å². The second-order valence-corrected chi connectivity index (χ2v) is 2.90. The Labute approximate surface area is 88.6 Å². The number of hydrogen-bond donors (Lipinski definition) is 2. The minimum atomic E-state index is -0.264. The number of carbonyl (C=O) groups excluding carboxylic acids is 1. The van der Waals surface area contributed by atoms with E-state index in [4.69, 9.17) is 0 Å². The molecule has 0 bridgehead atoms. The highest BCUT2D eigenvalue weighted by Gasteiger charge is 1.97. The van der Waals surface area contributed by atoms with E-state index in [1.165, 1.54) is 6.08 Å². The molecule has 1 aromatic carbocycles. The fraction of sp³-hybridized carbons (Fsp3) is 0.182. The fourth-order valence-electron chi connectivity index (χ4n) is 1.10. The molecule has 0 aliphatic carbocycles. The molecule has 79 valence electrons. The Kier molecular flexibility index (Phi) is 4.37. The molecule has 0 aromatic heterocycles. The summed E-state index contributed by atoms with van der Waals surface area (Å²) in [5, 5.41) is 15.4. The minimum absolute atomic E-state index is 0.243. The van der Waals surface area contributed by atoms with Crippen LogP contribution in [0.3, 0.4) is 0 Å². The van der Waals surface area contributed by atoms with Crippen LogP contribution in [0.25, 0.3) is 6.08 Å². The maximum Gasteiger partial charge on any atom is 0.318 e. The van der Waals surface area contributed by atoms with E-state index >= 15 is 0 Å². The average molecular weight is 205 g/mol. The summed E-state index contributed by atoms with van der Waals surface area (Å²) < 4.78 is 0. The molecule has 4 nitrogen and oxygen atoms in total. The Morgan fingerprint density at radius 3 is 2.93 bits per heavy atom. The monoisotopic (exact) mass is 205 g/mol. The first-order valence-electron chi connectivity index (χ1n) is 4.59. The zero-order chi connectivity index (χ0) is 11.1. The summed E-state index contributed by atoms with van der Waals surface area (Å²) in [5.41, 5.74) is 1.59. The van der Waals surface area contributed by atoms with Gasteiger partial charge in [-0.05, 0) is 17.7 Å². The molecular formula is C11H13N2O2. The molecule has 0 heterocycles. The van der Waals surface area contributed by atoms with Gasteiger partial charge in [-0.2, -0.15) is 0 Å². The quantitative estimate of drug-likeness (QED) is 0.777. The number of amides is 2. The largest absolute Gasteiger partial charge is 0.341 e. The van der Waals surface area contributed by atoms with Crippen molar-refractivity contribution < 1.29 is 9.90 Å². The first kappa shape index (κ1) is 11.3. The number of benzene rings is 1. The molecule has 1 aromatic rings. The summed E-state index contributed by atoms with van der Waals surface area (Å²) in [6, 6.07) is 6.99. The highest BCUT2D eigenvalue weighted by Crippen LogP contribution is 2.11. The van der Waals surface area contributed by atoms with Crippen LogP contribution in [0.15, 0.2) is 30.3 Å². The number of rotatable bonds is 3. The first-order valence-corrected chi connectivity index (χ1v) is 4.59. The molecule has 4 heteroatoms. The summed E-state index contributed by atoms with van der Waals surface area (Å²) >= 11 is 0. The summed E-state index contributed by atoms with van der Waals surface area (Å²) in [5.74, 6) is 0. The highest BCUT2D eigenvalue weighted by molar-refractivity contribution is 5.89. The molecule has 1 radical (unpaired) electrons. The van der Waals surface area contributed by atoms with Crippen LogP contribution in [0.4, 0.5) is 10.5 Å². The van der Waals surface area contributed by atoms with Crippen LogP contribution in [0.1, 0.15) is 5.56 Å². The third kappa shape index (κ3) is 3.83. The van der Waals surface area contributed by atoms with Gasteiger partial charge in [-0.15, -0.1) is 0 Å². The van der Waals surface area contributed by atoms with Gasteiger partial charge in [0.05, 0.1) is 0 Å². The Hall–Kier alpha value is -1.81. The van der Waals surface area contributed by atoms with Crippen molar-refractivity contribution in [1.29, 1.82) is 0 Å². The van der Waals surface area contributed by atoms with Gasteiger partial charge in [-0.3, -0.25) is 0 Å². The zero-order valence-corrected chi connectivity index (χ0v) is 8.49. The molecule has 2 N–H and O–H groups in total. The van der Waals surface area contributed by atoms with Crippen molar-refractivity contribution in [3.05, 3.63) is 35.9 Å². The number of urea groups is 1. The van der Waals surface area contributed by atoms with Gasteiger partial charge < -0.3 is 10.6 Å². The average Bonchev–Trinajstić information content (AvgIpc) is 2.26. The molecule has 0 saturated heterocycles. The van der Waals surface area contributed by atoms with Gasteiger partial charge in [0.2, 0.25) is 0 Å². The lowest BCUT2D eigenvalue weighted by Crippen LogP contribution is -2.24. The molecule has 0 saturated carbocycles. The van der Waals surface area contributed by atoms with Crippen molar-refractivity contribution in [3.63, 3.8) is 0 Å². The van der Waals surface area contributed by atoms with E-state index in [1.807, 2.05) is 12.1 Å². The molecule has 1 rings (SSSR count). The minimum Gasteiger partial charge on any atom is -0.341 e. The predicted molar refractivity (Wildman–Crippen MR) is 59.1 cm³/mol. The van der Waals surface area contributed by atoms with Crippen LogP contribution in [0.5, 0.6) is 0 Å². The SMILES string of the molecule is CNC(=O)Nc1cccc(C=CC[O])c1. The second kappa shape index (κ2) is 5.82. The van der Waals surface area contributed by atoms with Crippen molar-refractivity contribution in [2.24, 2.45) is 0 Å². The molecule has 0 aliphatic rings. The van der Waals surface area contributed by atoms with Gasteiger partial charge in [0, 0.05) is 12.7 Å². The van der Waals surface area contributed by atoms with E-state index in [0.29, 0.717) is 5.69 Å². The summed E-state index contributed by atoms with van der Waals surface area (Å²) in [4.78, 5) is 11.0. The topological polar surface area (TPSA) is 61.0 Å². The Morgan fingerprint density at radius 2 is 2.27 bits per heavy atom. The predicted octanol–water partition coefficient (Wildman–Crippen LogP) is 1.88. The molecule has 0 aliphatic heterocycles. The van der Waals surface area contributed by atoms with Gasteiger partial charge in [0.25, 0.3) is 0 Å². The van der Waals surface area contributed by atoms with Crippen molar-refractivity contribution in [2.75, 3.05) is 19.0 Å². The smallest absolute Gasteiger partial charge is 0.318 e. The van der Waals surface area contributed by atoms with Crippen molar-refractivity contribution in [3.8, 4) is 0 Å². The lowest BCUT2D eigenvalue weighted by Gasteiger charge is -2.04. The molecule has 15 heavy (non-hydrogen) atoms. The first-order chi connectivity index (χ1) is 7.26. The van der Waals surface area contributed by atoms with E-state index in [9.17, 15) is 9.90 Å². The van der Waals surface area contributed by atoms with Crippen LogP contribution in [0, 0.1) is 0 Å². The highest BCUT2D eigenvalue weighted by atomic mass is 16.2. The van der Waals surface area contributed by atoms with Crippen molar-refractivity contribution in [1.82, 2.24) is 5.32 Å². The van der Waals surface area contributed by atoms with Crippen molar-refractivity contribution >= 4 is 17.8 Å². The van der Waals surface area contributed by atoms with Crippen LogP contribution in [0.2, 0.25) is 0 Å². The van der Waals surface area contributed by atoms with E-state index in [-0.39, 0.29) is 12.6 Å². The molecule has 0 atom stereocenters.